The second-order valence-electron chi connectivity index (χ2n) is 6.60. The minimum Gasteiger partial charge on any atom is -0.343 e. The van der Waals surface area contributed by atoms with Crippen molar-refractivity contribution in [2.45, 2.75) is 45.8 Å². The Hall–Kier alpha value is -2.56. The summed E-state index contributed by atoms with van der Waals surface area (Å²) < 4.78 is 2.18. The molecule has 1 saturated heterocycles. The van der Waals surface area contributed by atoms with Crippen molar-refractivity contribution in [2.75, 3.05) is 0 Å². The molecule has 1 aromatic carbocycles. The quantitative estimate of drug-likeness (QED) is 0.846. The largest absolute Gasteiger partial charge is 0.343 e. The number of piperazine rings is 1. The summed E-state index contributed by atoms with van der Waals surface area (Å²) in [6.07, 6.45) is 4.75. The van der Waals surface area contributed by atoms with Gasteiger partial charge in [0.25, 0.3) is 0 Å². The topological polar surface area (TPSA) is 63.1 Å². The number of hydrogen-bond donors (Lipinski definition) is 2. The predicted molar refractivity (Wildman–Crippen MR) is 94.6 cm³/mol. The van der Waals surface area contributed by atoms with Crippen LogP contribution in [0.5, 0.6) is 0 Å². The smallest absolute Gasteiger partial charge is 0.243 e. The fraction of sp³-hybridized carbons (Fsp3) is 0.368. The fourth-order valence-corrected chi connectivity index (χ4v) is 3.02. The molecule has 1 aromatic heterocycles. The van der Waals surface area contributed by atoms with Gasteiger partial charge < -0.3 is 15.2 Å². The van der Waals surface area contributed by atoms with E-state index >= 15 is 0 Å². The van der Waals surface area contributed by atoms with E-state index in [0.717, 1.165) is 23.0 Å². The minimum absolute atomic E-state index is 0.122. The molecule has 5 heteroatoms. The van der Waals surface area contributed by atoms with E-state index in [1.54, 1.807) is 6.92 Å². The first-order valence-electron chi connectivity index (χ1n) is 8.26. The Balaban J connectivity index is 1.91. The normalized spacial score (nSPS) is 20.6. The van der Waals surface area contributed by atoms with Crippen molar-refractivity contribution in [3.05, 3.63) is 47.7 Å². The average Bonchev–Trinajstić information content (AvgIpc) is 2.89. The molecule has 2 aromatic rings. The van der Waals surface area contributed by atoms with Crippen LogP contribution in [0.4, 0.5) is 0 Å². The predicted octanol–water partition coefficient (Wildman–Crippen LogP) is 2.15. The van der Waals surface area contributed by atoms with E-state index in [1.807, 2.05) is 12.1 Å². The molecule has 24 heavy (non-hydrogen) atoms. The van der Waals surface area contributed by atoms with Crippen LogP contribution >= 0.6 is 0 Å². The van der Waals surface area contributed by atoms with Gasteiger partial charge in [0.2, 0.25) is 11.8 Å². The molecule has 0 bridgehead atoms. The third-order valence-electron chi connectivity index (χ3n) is 4.38. The first kappa shape index (κ1) is 16.3. The number of nitrogens with zero attached hydrogens (tertiary/aromatic N) is 1. The maximum atomic E-state index is 12.2. The van der Waals surface area contributed by atoms with E-state index in [0.29, 0.717) is 6.42 Å². The Morgan fingerprint density at radius 1 is 1.17 bits per heavy atom. The molecule has 3 rings (SSSR count). The molecule has 2 heterocycles. The molecule has 0 aliphatic carbocycles. The standard InChI is InChI=1S/C19H23N3O2/c1-12(2)8-9-22-11-14(15-6-4-5-7-17(15)22)10-16-19(24)20-13(3)18(23)21-16/h4-8,11,13,16H,9-10H2,1-3H3,(H,20,24)(H,21,23). The van der Waals surface area contributed by atoms with E-state index in [9.17, 15) is 9.59 Å². The van der Waals surface area contributed by atoms with Gasteiger partial charge in [0.1, 0.15) is 12.1 Å². The maximum absolute atomic E-state index is 12.2. The van der Waals surface area contributed by atoms with Crippen LogP contribution in [0.15, 0.2) is 42.1 Å². The number of carbonyl (C=O) groups excluding carboxylic acids is 2. The lowest BCUT2D eigenvalue weighted by molar-refractivity contribution is -0.136. The first-order valence-corrected chi connectivity index (χ1v) is 8.26. The number of amides is 2. The van der Waals surface area contributed by atoms with Gasteiger partial charge in [-0.05, 0) is 32.4 Å². The van der Waals surface area contributed by atoms with Gasteiger partial charge in [-0.2, -0.15) is 0 Å². The van der Waals surface area contributed by atoms with Crippen molar-refractivity contribution >= 4 is 22.7 Å². The number of hydrogen-bond acceptors (Lipinski definition) is 2. The van der Waals surface area contributed by atoms with Gasteiger partial charge in [-0.1, -0.05) is 29.8 Å². The van der Waals surface area contributed by atoms with Crippen LogP contribution in [0, 0.1) is 0 Å². The molecule has 126 valence electrons. The van der Waals surface area contributed by atoms with Gasteiger partial charge in [0, 0.05) is 30.1 Å². The van der Waals surface area contributed by atoms with Crippen LogP contribution < -0.4 is 10.6 Å². The van der Waals surface area contributed by atoms with Crippen molar-refractivity contribution in [3.63, 3.8) is 0 Å². The number of rotatable bonds is 4. The summed E-state index contributed by atoms with van der Waals surface area (Å²) in [5, 5.41) is 6.67. The molecule has 2 amide bonds. The summed E-state index contributed by atoms with van der Waals surface area (Å²) in [7, 11) is 0. The highest BCUT2D eigenvalue weighted by atomic mass is 16.2. The van der Waals surface area contributed by atoms with E-state index in [2.05, 4.69) is 53.5 Å². The van der Waals surface area contributed by atoms with Gasteiger partial charge in [0.05, 0.1) is 0 Å². The van der Waals surface area contributed by atoms with Crippen molar-refractivity contribution < 1.29 is 9.59 Å². The fourth-order valence-electron chi connectivity index (χ4n) is 3.02. The molecule has 1 aliphatic heterocycles. The highest BCUT2D eigenvalue weighted by Gasteiger charge is 2.31. The number of allylic oxidation sites excluding steroid dienone is 2. The Kier molecular flexibility index (Phi) is 4.42. The number of para-hydroxylation sites is 1. The summed E-state index contributed by atoms with van der Waals surface area (Å²) in [5.41, 5.74) is 3.48. The van der Waals surface area contributed by atoms with Gasteiger partial charge in [-0.15, -0.1) is 0 Å². The summed E-state index contributed by atoms with van der Waals surface area (Å²) in [5.74, 6) is -0.254. The van der Waals surface area contributed by atoms with Crippen molar-refractivity contribution in [1.82, 2.24) is 15.2 Å². The maximum Gasteiger partial charge on any atom is 0.243 e. The number of benzene rings is 1. The minimum atomic E-state index is -0.517. The monoisotopic (exact) mass is 325 g/mol. The Morgan fingerprint density at radius 2 is 1.92 bits per heavy atom. The highest BCUT2D eigenvalue weighted by molar-refractivity contribution is 5.97. The summed E-state index contributed by atoms with van der Waals surface area (Å²) in [4.78, 5) is 24.0. The van der Waals surface area contributed by atoms with Crippen LogP contribution in [0.2, 0.25) is 0 Å². The van der Waals surface area contributed by atoms with E-state index in [1.165, 1.54) is 5.57 Å². The molecule has 0 spiro atoms. The lowest BCUT2D eigenvalue weighted by atomic mass is 10.0. The summed E-state index contributed by atoms with van der Waals surface area (Å²) >= 11 is 0. The SMILES string of the molecule is CC(C)=CCn1cc(CC2NC(=O)C(C)NC2=O)c2ccccc21. The van der Waals surface area contributed by atoms with Gasteiger partial charge >= 0.3 is 0 Å². The number of aromatic nitrogens is 1. The summed E-state index contributed by atoms with van der Waals surface area (Å²) in [6.45, 7) is 6.64. The molecule has 5 nitrogen and oxygen atoms in total. The first-order chi connectivity index (χ1) is 11.5. The third-order valence-corrected chi connectivity index (χ3v) is 4.38. The molecule has 2 atom stereocenters. The Labute approximate surface area is 141 Å². The molecular weight excluding hydrogens is 302 g/mol. The summed E-state index contributed by atoms with van der Waals surface area (Å²) in [6, 6.07) is 7.18. The van der Waals surface area contributed by atoms with Crippen molar-refractivity contribution in [2.24, 2.45) is 0 Å². The average molecular weight is 325 g/mol. The lowest BCUT2D eigenvalue weighted by Gasteiger charge is -2.27. The second-order valence-corrected chi connectivity index (χ2v) is 6.60. The van der Waals surface area contributed by atoms with Crippen LogP contribution in [-0.4, -0.2) is 28.5 Å². The molecule has 1 fully saturated rings. The van der Waals surface area contributed by atoms with E-state index in [-0.39, 0.29) is 11.8 Å². The highest BCUT2D eigenvalue weighted by Crippen LogP contribution is 2.23. The van der Waals surface area contributed by atoms with E-state index in [4.69, 9.17) is 0 Å². The second kappa shape index (κ2) is 6.51. The molecule has 0 saturated carbocycles. The van der Waals surface area contributed by atoms with Gasteiger partial charge in [-0.25, -0.2) is 0 Å². The van der Waals surface area contributed by atoms with Crippen LogP contribution in [0.25, 0.3) is 10.9 Å². The number of fused-ring (bicyclic) bond motifs is 1. The molecule has 0 radical (unpaired) electrons. The van der Waals surface area contributed by atoms with Crippen LogP contribution in [0.1, 0.15) is 26.3 Å². The zero-order chi connectivity index (χ0) is 17.3. The van der Waals surface area contributed by atoms with E-state index < -0.39 is 12.1 Å². The van der Waals surface area contributed by atoms with Crippen molar-refractivity contribution in [1.29, 1.82) is 0 Å². The Morgan fingerprint density at radius 3 is 2.67 bits per heavy atom. The van der Waals surface area contributed by atoms with Crippen LogP contribution in [0.3, 0.4) is 0 Å². The van der Waals surface area contributed by atoms with Gasteiger partial charge in [0.15, 0.2) is 0 Å². The molecule has 2 unspecified atom stereocenters. The molecule has 1 aliphatic rings. The lowest BCUT2D eigenvalue weighted by Crippen LogP contribution is -2.61. The Bertz CT molecular complexity index is 815. The molecule has 2 N–H and O–H groups in total. The van der Waals surface area contributed by atoms with Crippen LogP contribution in [-0.2, 0) is 22.6 Å². The number of carbonyl (C=O) groups is 2. The zero-order valence-corrected chi connectivity index (χ0v) is 14.3. The number of nitrogens with one attached hydrogen (secondary N) is 2. The zero-order valence-electron chi connectivity index (χ0n) is 14.3. The molecular formula is C19H23N3O2. The third kappa shape index (κ3) is 3.20. The van der Waals surface area contributed by atoms with Crippen molar-refractivity contribution in [3.8, 4) is 0 Å². The van der Waals surface area contributed by atoms with Gasteiger partial charge in [-0.3, -0.25) is 9.59 Å².